The second-order valence-corrected chi connectivity index (χ2v) is 5.07. The van der Waals surface area contributed by atoms with Gasteiger partial charge in [0, 0.05) is 0 Å². The van der Waals surface area contributed by atoms with Crippen LogP contribution in [0.15, 0.2) is 65.7 Å². The van der Waals surface area contributed by atoms with Crippen molar-refractivity contribution < 1.29 is 4.74 Å². The van der Waals surface area contributed by atoms with Crippen LogP contribution in [0.1, 0.15) is 11.1 Å². The normalized spacial score (nSPS) is 11.2. The molecule has 0 radical (unpaired) electrons. The molecule has 2 aromatic rings. The van der Waals surface area contributed by atoms with E-state index in [0.717, 1.165) is 16.9 Å². The molecule has 0 bridgehead atoms. The third kappa shape index (κ3) is 6.29. The van der Waals surface area contributed by atoms with E-state index in [4.69, 9.17) is 10.00 Å². The topological polar surface area (TPSA) is 57.4 Å². The first-order chi connectivity index (χ1) is 11.3. The van der Waals surface area contributed by atoms with Gasteiger partial charge < -0.3 is 4.74 Å². The van der Waals surface area contributed by atoms with Crippen molar-refractivity contribution in [3.8, 4) is 11.9 Å². The summed E-state index contributed by atoms with van der Waals surface area (Å²) in [7, 11) is 0. The Morgan fingerprint density at radius 1 is 1.17 bits per heavy atom. The zero-order valence-corrected chi connectivity index (χ0v) is 13.4. The number of benzene rings is 2. The lowest BCUT2D eigenvalue weighted by Gasteiger charge is -2.06. The Bertz CT molecular complexity index is 703. The number of nitrogens with one attached hydrogen (secondary N) is 1. The van der Waals surface area contributed by atoms with E-state index in [1.807, 2.05) is 66.7 Å². The number of aliphatic imine (C=N–C) groups is 1. The summed E-state index contributed by atoms with van der Waals surface area (Å²) >= 11 is 4.00. The van der Waals surface area contributed by atoms with E-state index in [2.05, 4.69) is 22.9 Å². The molecule has 23 heavy (non-hydrogen) atoms. The van der Waals surface area contributed by atoms with Crippen LogP contribution in [0.25, 0.3) is 6.08 Å². The van der Waals surface area contributed by atoms with E-state index in [-0.39, 0.29) is 0 Å². The lowest BCUT2D eigenvalue weighted by Crippen LogP contribution is -2.10. The van der Waals surface area contributed by atoms with Gasteiger partial charge in [-0.25, -0.2) is 0 Å². The highest BCUT2D eigenvalue weighted by atomic mass is 32.1. The van der Waals surface area contributed by atoms with E-state index in [0.29, 0.717) is 18.3 Å². The van der Waals surface area contributed by atoms with Crippen LogP contribution in [-0.2, 0) is 6.61 Å². The Morgan fingerprint density at radius 3 is 2.61 bits per heavy atom. The van der Waals surface area contributed by atoms with Crippen molar-refractivity contribution in [1.82, 2.24) is 5.32 Å². The summed E-state index contributed by atoms with van der Waals surface area (Å²) in [4.78, 5) is 4.05. The van der Waals surface area contributed by atoms with Gasteiger partial charge in [-0.3, -0.25) is 10.3 Å². The molecule has 1 N–H and O–H groups in total. The van der Waals surface area contributed by atoms with E-state index >= 15 is 0 Å². The van der Waals surface area contributed by atoms with Crippen LogP contribution < -0.4 is 10.1 Å². The largest absolute Gasteiger partial charge is 0.489 e. The number of amidine groups is 1. The van der Waals surface area contributed by atoms with Crippen LogP contribution in [0.5, 0.6) is 5.75 Å². The first-order valence-corrected chi connectivity index (χ1v) is 7.54. The highest BCUT2D eigenvalue weighted by Crippen LogP contribution is 2.15. The van der Waals surface area contributed by atoms with Crippen LogP contribution in [0, 0.1) is 11.5 Å². The van der Waals surface area contributed by atoms with E-state index in [1.54, 1.807) is 6.19 Å². The third-order valence-corrected chi connectivity index (χ3v) is 3.21. The molecule has 0 saturated heterocycles. The predicted octanol–water partition coefficient (Wildman–Crippen LogP) is 3.64. The fourth-order valence-corrected chi connectivity index (χ4v) is 1.97. The molecule has 0 amide bonds. The van der Waals surface area contributed by atoms with Crippen LogP contribution in [0.2, 0.25) is 0 Å². The molecule has 0 unspecified atom stereocenters. The minimum atomic E-state index is 0.307. The molecule has 0 heterocycles. The molecule has 5 heteroatoms. The van der Waals surface area contributed by atoms with Gasteiger partial charge in [0.15, 0.2) is 11.4 Å². The van der Waals surface area contributed by atoms with Gasteiger partial charge in [0.2, 0.25) is 0 Å². The summed E-state index contributed by atoms with van der Waals surface area (Å²) in [5, 5.41) is 11.0. The molecule has 4 nitrogen and oxygen atoms in total. The van der Waals surface area contributed by atoms with E-state index < -0.39 is 0 Å². The van der Waals surface area contributed by atoms with Gasteiger partial charge in [0.05, 0.1) is 6.54 Å². The minimum Gasteiger partial charge on any atom is -0.489 e. The van der Waals surface area contributed by atoms with E-state index in [9.17, 15) is 0 Å². The SMILES string of the molecule is N#CN/C(S)=N/C/C=C/c1ccc(OCc2ccccc2)cc1. The van der Waals surface area contributed by atoms with Crippen molar-refractivity contribution in [1.29, 1.82) is 5.26 Å². The van der Waals surface area contributed by atoms with Crippen molar-refractivity contribution in [3.63, 3.8) is 0 Å². The van der Waals surface area contributed by atoms with Crippen LogP contribution in [0.3, 0.4) is 0 Å². The first kappa shape index (κ1) is 16.7. The highest BCUT2D eigenvalue weighted by Gasteiger charge is 1.95. The highest BCUT2D eigenvalue weighted by molar-refractivity contribution is 7.96. The maximum absolute atomic E-state index is 8.39. The van der Waals surface area contributed by atoms with Crippen LogP contribution in [0.4, 0.5) is 0 Å². The van der Waals surface area contributed by atoms with Gasteiger partial charge in [-0.1, -0.05) is 54.6 Å². The van der Waals surface area contributed by atoms with Crippen LogP contribution >= 0.6 is 12.6 Å². The first-order valence-electron chi connectivity index (χ1n) is 7.10. The Kier molecular flexibility index (Phi) is 6.76. The summed E-state index contributed by atoms with van der Waals surface area (Å²) in [5.74, 6) is 0.833. The number of nitrogens with zero attached hydrogens (tertiary/aromatic N) is 2. The summed E-state index contributed by atoms with van der Waals surface area (Å²) in [5.41, 5.74) is 2.20. The van der Waals surface area contributed by atoms with Crippen molar-refractivity contribution in [2.75, 3.05) is 6.54 Å². The zero-order chi connectivity index (χ0) is 16.3. The molecule has 2 aromatic carbocycles. The van der Waals surface area contributed by atoms with Gasteiger partial charge in [0.1, 0.15) is 12.4 Å². The van der Waals surface area contributed by atoms with Gasteiger partial charge in [-0.05, 0) is 23.3 Å². The van der Waals surface area contributed by atoms with Gasteiger partial charge in [0.25, 0.3) is 0 Å². The zero-order valence-electron chi connectivity index (χ0n) is 12.5. The Morgan fingerprint density at radius 2 is 1.91 bits per heavy atom. The number of hydrogen-bond acceptors (Lipinski definition) is 3. The summed E-state index contributed by atoms with van der Waals surface area (Å²) in [6.45, 7) is 1.02. The molecular formula is C18H17N3OS. The second kappa shape index (κ2) is 9.34. The maximum Gasteiger partial charge on any atom is 0.183 e. The summed E-state index contributed by atoms with van der Waals surface area (Å²) in [6, 6.07) is 17.9. The Hall–Kier alpha value is -2.71. The predicted molar refractivity (Wildman–Crippen MR) is 96.3 cm³/mol. The average molecular weight is 323 g/mol. The van der Waals surface area contributed by atoms with Gasteiger partial charge >= 0.3 is 0 Å². The molecule has 2 rings (SSSR count). The molecule has 0 aliphatic rings. The van der Waals surface area contributed by atoms with Crippen molar-refractivity contribution in [2.24, 2.45) is 4.99 Å². The molecular weight excluding hydrogens is 306 g/mol. The number of nitriles is 1. The average Bonchev–Trinajstić information content (AvgIpc) is 2.59. The fourth-order valence-electron chi connectivity index (χ4n) is 1.83. The van der Waals surface area contributed by atoms with Crippen molar-refractivity contribution >= 4 is 23.9 Å². The van der Waals surface area contributed by atoms with Crippen LogP contribution in [-0.4, -0.2) is 11.7 Å². The number of ether oxygens (including phenoxy) is 1. The van der Waals surface area contributed by atoms with Crippen molar-refractivity contribution in [2.45, 2.75) is 6.61 Å². The number of thiol groups is 1. The quantitative estimate of drug-likeness (QED) is 0.281. The molecule has 0 saturated carbocycles. The molecule has 0 atom stereocenters. The van der Waals surface area contributed by atoms with Gasteiger partial charge in [-0.15, -0.1) is 12.6 Å². The smallest absolute Gasteiger partial charge is 0.183 e. The molecule has 0 aromatic heterocycles. The lowest BCUT2D eigenvalue weighted by atomic mass is 10.2. The monoisotopic (exact) mass is 323 g/mol. The molecule has 0 fully saturated rings. The Balaban J connectivity index is 1.82. The maximum atomic E-state index is 8.39. The fraction of sp³-hybridized carbons (Fsp3) is 0.111. The summed E-state index contributed by atoms with van der Waals surface area (Å²) in [6.07, 6.45) is 5.62. The third-order valence-electron chi connectivity index (χ3n) is 2.95. The second-order valence-electron chi connectivity index (χ2n) is 4.65. The van der Waals surface area contributed by atoms with Crippen molar-refractivity contribution in [3.05, 3.63) is 71.8 Å². The Labute approximate surface area is 141 Å². The summed E-state index contributed by atoms with van der Waals surface area (Å²) < 4.78 is 5.74. The number of hydrogen-bond donors (Lipinski definition) is 2. The van der Waals surface area contributed by atoms with Gasteiger partial charge in [-0.2, -0.15) is 5.26 Å². The standard InChI is InChI=1S/C18H17N3OS/c19-14-21-18(23)20-12-4-7-15-8-10-17(11-9-15)22-13-16-5-2-1-3-6-16/h1-11H,12-13H2,(H2,20,21,23)/b7-4+. The molecule has 0 spiro atoms. The lowest BCUT2D eigenvalue weighted by molar-refractivity contribution is 0.306. The minimum absolute atomic E-state index is 0.307. The number of rotatable bonds is 6. The molecule has 0 aliphatic carbocycles. The van der Waals surface area contributed by atoms with E-state index in [1.165, 1.54) is 0 Å². The molecule has 0 aliphatic heterocycles. The molecule has 116 valence electrons.